The van der Waals surface area contributed by atoms with Crippen molar-refractivity contribution in [2.75, 3.05) is 20.3 Å². The number of aromatic nitrogens is 2. The molecule has 8 heteroatoms. The summed E-state index contributed by atoms with van der Waals surface area (Å²) in [4.78, 5) is 18.8. The van der Waals surface area contributed by atoms with E-state index in [-0.39, 0.29) is 35.8 Å². The van der Waals surface area contributed by atoms with Gasteiger partial charge in [-0.3, -0.25) is 4.79 Å². The SMILES string of the molecule is COc1cc(C(=O)N2CCO[C@H]3[C@@H](Oc4ccccn4)CC[C@@H]32)on1. The first kappa shape index (κ1) is 15.9. The Balaban J connectivity index is 1.48. The lowest BCUT2D eigenvalue weighted by molar-refractivity contribution is -0.0799. The minimum atomic E-state index is -0.201. The fourth-order valence-corrected chi connectivity index (χ4v) is 3.46. The lowest BCUT2D eigenvalue weighted by atomic mass is 10.1. The second-order valence-corrected chi connectivity index (χ2v) is 6.04. The molecule has 1 aliphatic heterocycles. The zero-order chi connectivity index (χ0) is 17.2. The summed E-state index contributed by atoms with van der Waals surface area (Å²) in [7, 11) is 1.48. The number of carbonyl (C=O) groups is 1. The third kappa shape index (κ3) is 3.05. The standard InChI is InChI=1S/C17H19N3O5/c1-22-15-10-13(25-19-15)17(21)20-8-9-23-16-11(20)5-6-12(16)24-14-4-2-3-7-18-14/h2-4,7,10-12,16H,5-6,8-9H2,1H3/t11-,12-,16+/m0/s1. The molecule has 4 rings (SSSR count). The smallest absolute Gasteiger partial charge is 0.293 e. The molecular formula is C17H19N3O5. The highest BCUT2D eigenvalue weighted by Gasteiger charge is 2.46. The molecule has 0 aromatic carbocycles. The Labute approximate surface area is 144 Å². The minimum Gasteiger partial charge on any atom is -0.479 e. The number of rotatable bonds is 4. The van der Waals surface area contributed by atoms with Gasteiger partial charge in [0.25, 0.3) is 11.8 Å². The molecule has 1 saturated carbocycles. The maximum absolute atomic E-state index is 12.8. The van der Waals surface area contributed by atoms with Gasteiger partial charge in [-0.15, -0.1) is 0 Å². The van der Waals surface area contributed by atoms with Crippen molar-refractivity contribution in [3.8, 4) is 11.8 Å². The van der Waals surface area contributed by atoms with Crippen LogP contribution in [-0.2, 0) is 4.74 Å². The van der Waals surface area contributed by atoms with Crippen LogP contribution in [-0.4, -0.2) is 59.5 Å². The van der Waals surface area contributed by atoms with Crippen LogP contribution in [0.25, 0.3) is 0 Å². The monoisotopic (exact) mass is 345 g/mol. The summed E-state index contributed by atoms with van der Waals surface area (Å²) in [5.74, 6) is 0.829. The number of carbonyl (C=O) groups excluding carboxylic acids is 1. The maximum atomic E-state index is 12.8. The Morgan fingerprint density at radius 2 is 2.24 bits per heavy atom. The summed E-state index contributed by atoms with van der Waals surface area (Å²) >= 11 is 0. The molecule has 132 valence electrons. The number of hydrogen-bond donors (Lipinski definition) is 0. The van der Waals surface area contributed by atoms with E-state index in [1.165, 1.54) is 13.2 Å². The number of morpholine rings is 1. The van der Waals surface area contributed by atoms with E-state index in [1.807, 2.05) is 18.2 Å². The molecule has 2 aliphatic rings. The highest BCUT2D eigenvalue weighted by atomic mass is 16.6. The molecule has 0 radical (unpaired) electrons. The highest BCUT2D eigenvalue weighted by Crippen LogP contribution is 2.33. The molecule has 3 atom stereocenters. The molecule has 0 N–H and O–H groups in total. The van der Waals surface area contributed by atoms with Crippen molar-refractivity contribution in [2.45, 2.75) is 31.1 Å². The fraction of sp³-hybridized carbons (Fsp3) is 0.471. The van der Waals surface area contributed by atoms with Gasteiger partial charge in [0.05, 0.1) is 25.8 Å². The molecule has 0 spiro atoms. The molecule has 0 unspecified atom stereocenters. The van der Waals surface area contributed by atoms with Crippen LogP contribution < -0.4 is 9.47 Å². The van der Waals surface area contributed by atoms with E-state index in [9.17, 15) is 4.79 Å². The molecule has 2 aromatic heterocycles. The Bertz CT molecular complexity index is 735. The van der Waals surface area contributed by atoms with E-state index in [2.05, 4.69) is 10.1 Å². The third-order valence-corrected chi connectivity index (χ3v) is 4.61. The third-order valence-electron chi connectivity index (χ3n) is 4.61. The van der Waals surface area contributed by atoms with Gasteiger partial charge >= 0.3 is 0 Å². The molecule has 2 fully saturated rings. The number of hydrogen-bond acceptors (Lipinski definition) is 7. The summed E-state index contributed by atoms with van der Waals surface area (Å²) in [6, 6.07) is 6.99. The fourth-order valence-electron chi connectivity index (χ4n) is 3.46. The van der Waals surface area contributed by atoms with Gasteiger partial charge in [0.2, 0.25) is 11.6 Å². The van der Waals surface area contributed by atoms with Crippen LogP contribution in [0.2, 0.25) is 0 Å². The van der Waals surface area contributed by atoms with Crippen LogP contribution >= 0.6 is 0 Å². The van der Waals surface area contributed by atoms with Crippen molar-refractivity contribution in [1.29, 1.82) is 0 Å². The van der Waals surface area contributed by atoms with Crippen LogP contribution in [0.5, 0.6) is 11.8 Å². The molecule has 2 aromatic rings. The van der Waals surface area contributed by atoms with Crippen LogP contribution in [0.4, 0.5) is 0 Å². The average molecular weight is 345 g/mol. The normalized spacial score (nSPS) is 25.5. The Morgan fingerprint density at radius 1 is 1.32 bits per heavy atom. The second kappa shape index (κ2) is 6.72. The molecule has 8 nitrogen and oxygen atoms in total. The van der Waals surface area contributed by atoms with E-state index in [0.717, 1.165) is 12.8 Å². The van der Waals surface area contributed by atoms with Crippen molar-refractivity contribution in [2.24, 2.45) is 0 Å². The zero-order valence-electron chi connectivity index (χ0n) is 13.8. The molecule has 3 heterocycles. The van der Waals surface area contributed by atoms with Crippen LogP contribution in [0.1, 0.15) is 23.4 Å². The van der Waals surface area contributed by atoms with Crippen molar-refractivity contribution >= 4 is 5.91 Å². The largest absolute Gasteiger partial charge is 0.479 e. The lowest BCUT2D eigenvalue weighted by Crippen LogP contribution is -2.54. The van der Waals surface area contributed by atoms with Gasteiger partial charge in [-0.25, -0.2) is 4.98 Å². The molecular weight excluding hydrogens is 326 g/mol. The van der Waals surface area contributed by atoms with Crippen molar-refractivity contribution in [1.82, 2.24) is 15.0 Å². The number of amides is 1. The first-order valence-corrected chi connectivity index (χ1v) is 8.27. The van der Waals surface area contributed by atoms with Crippen LogP contribution in [0.3, 0.4) is 0 Å². The van der Waals surface area contributed by atoms with E-state index >= 15 is 0 Å². The first-order chi connectivity index (χ1) is 12.3. The van der Waals surface area contributed by atoms with Gasteiger partial charge in [-0.1, -0.05) is 6.07 Å². The number of methoxy groups -OCH3 is 1. The summed E-state index contributed by atoms with van der Waals surface area (Å²) < 4.78 is 22.0. The number of ether oxygens (including phenoxy) is 3. The first-order valence-electron chi connectivity index (χ1n) is 8.27. The highest BCUT2D eigenvalue weighted by molar-refractivity contribution is 5.92. The summed E-state index contributed by atoms with van der Waals surface area (Å²) in [5.41, 5.74) is 0. The number of fused-ring (bicyclic) bond motifs is 1. The Morgan fingerprint density at radius 3 is 3.00 bits per heavy atom. The van der Waals surface area contributed by atoms with Crippen molar-refractivity contribution in [3.63, 3.8) is 0 Å². The quantitative estimate of drug-likeness (QED) is 0.830. The molecule has 0 bridgehead atoms. The van der Waals surface area contributed by atoms with Gasteiger partial charge in [-0.2, -0.15) is 0 Å². The maximum Gasteiger partial charge on any atom is 0.293 e. The van der Waals surface area contributed by atoms with E-state index in [1.54, 1.807) is 11.1 Å². The number of pyridine rings is 1. The Kier molecular flexibility index (Phi) is 4.27. The van der Waals surface area contributed by atoms with Crippen LogP contribution in [0.15, 0.2) is 35.0 Å². The summed E-state index contributed by atoms with van der Waals surface area (Å²) in [6.45, 7) is 0.972. The molecule has 1 aliphatic carbocycles. The molecule has 25 heavy (non-hydrogen) atoms. The zero-order valence-corrected chi connectivity index (χ0v) is 13.8. The Hall–Kier alpha value is -2.61. The van der Waals surface area contributed by atoms with E-state index < -0.39 is 0 Å². The predicted molar refractivity (Wildman–Crippen MR) is 85.5 cm³/mol. The van der Waals surface area contributed by atoms with Crippen molar-refractivity contribution < 1.29 is 23.5 Å². The summed E-state index contributed by atoms with van der Waals surface area (Å²) in [6.07, 6.45) is 3.00. The second-order valence-electron chi connectivity index (χ2n) is 6.04. The summed E-state index contributed by atoms with van der Waals surface area (Å²) in [5, 5.41) is 3.70. The minimum absolute atomic E-state index is 0.0499. The molecule has 1 saturated heterocycles. The van der Waals surface area contributed by atoms with E-state index in [0.29, 0.717) is 19.0 Å². The molecule has 1 amide bonds. The van der Waals surface area contributed by atoms with Gasteiger partial charge in [0.15, 0.2) is 0 Å². The van der Waals surface area contributed by atoms with Gasteiger partial charge < -0.3 is 23.6 Å². The van der Waals surface area contributed by atoms with Gasteiger partial charge in [-0.05, 0) is 24.1 Å². The lowest BCUT2D eigenvalue weighted by Gasteiger charge is -2.38. The average Bonchev–Trinajstić information content (AvgIpc) is 3.29. The number of nitrogens with zero attached hydrogens (tertiary/aromatic N) is 3. The van der Waals surface area contributed by atoms with Crippen molar-refractivity contribution in [3.05, 3.63) is 36.2 Å². The van der Waals surface area contributed by atoms with E-state index in [4.69, 9.17) is 18.7 Å². The topological polar surface area (TPSA) is 86.9 Å². The van der Waals surface area contributed by atoms with Gasteiger partial charge in [0.1, 0.15) is 12.2 Å². The van der Waals surface area contributed by atoms with Gasteiger partial charge in [0, 0.05) is 18.8 Å². The predicted octanol–water partition coefficient (Wildman–Crippen LogP) is 1.53. The van der Waals surface area contributed by atoms with Crippen LogP contribution in [0, 0.1) is 0 Å².